The molecule has 0 saturated heterocycles. The Morgan fingerprint density at radius 1 is 1.15 bits per heavy atom. The van der Waals surface area contributed by atoms with Gasteiger partial charge in [0.25, 0.3) is 0 Å². The van der Waals surface area contributed by atoms with Crippen molar-refractivity contribution < 1.29 is 14.2 Å². The smallest absolute Gasteiger partial charge is 0.233 e. The van der Waals surface area contributed by atoms with Gasteiger partial charge in [-0.15, -0.1) is 5.10 Å². The molecule has 1 heterocycles. The predicted molar refractivity (Wildman–Crippen MR) is 73.1 cm³/mol. The lowest BCUT2D eigenvalue weighted by Gasteiger charge is -2.14. The van der Waals surface area contributed by atoms with Gasteiger partial charge in [-0.25, -0.2) is 4.39 Å². The van der Waals surface area contributed by atoms with Crippen LogP contribution < -0.4 is 4.74 Å². The average Bonchev–Trinajstić information content (AvgIpc) is 2.40. The molecular formula is C15H17FN2O2. The van der Waals surface area contributed by atoms with Crippen LogP contribution in [0.25, 0.3) is 0 Å². The summed E-state index contributed by atoms with van der Waals surface area (Å²) in [6.07, 6.45) is -0.834. The first-order valence-corrected chi connectivity index (χ1v) is 6.35. The molecule has 0 radical (unpaired) electrons. The molecule has 0 aliphatic carbocycles. The molecule has 106 valence electrons. The molecule has 0 saturated carbocycles. The number of aliphatic hydroxyl groups is 1. The Morgan fingerprint density at radius 2 is 1.90 bits per heavy atom. The van der Waals surface area contributed by atoms with Crippen molar-refractivity contribution in [2.24, 2.45) is 0 Å². The molecule has 1 N–H and O–H groups in total. The number of benzene rings is 1. The Bertz CT molecular complexity index is 617. The summed E-state index contributed by atoms with van der Waals surface area (Å²) in [5.74, 6) is 0.0475. The maximum atomic E-state index is 13.0. The highest BCUT2D eigenvalue weighted by atomic mass is 19.1. The average molecular weight is 276 g/mol. The van der Waals surface area contributed by atoms with Crippen molar-refractivity contribution >= 4 is 0 Å². The van der Waals surface area contributed by atoms with E-state index in [2.05, 4.69) is 10.2 Å². The van der Waals surface area contributed by atoms with E-state index in [-0.39, 0.29) is 12.4 Å². The number of aryl methyl sites for hydroxylation is 3. The Labute approximate surface area is 117 Å². The number of aromatic nitrogens is 2. The molecule has 4 nitrogen and oxygen atoms in total. The number of hydrogen-bond donors (Lipinski definition) is 1. The van der Waals surface area contributed by atoms with Crippen molar-refractivity contribution in [1.29, 1.82) is 0 Å². The molecule has 1 aromatic carbocycles. The summed E-state index contributed by atoms with van der Waals surface area (Å²) in [4.78, 5) is 0. The third kappa shape index (κ3) is 3.30. The fourth-order valence-corrected chi connectivity index (χ4v) is 1.86. The number of hydrogen-bond acceptors (Lipinski definition) is 4. The second-order valence-electron chi connectivity index (χ2n) is 4.78. The molecule has 0 amide bonds. The van der Waals surface area contributed by atoms with Gasteiger partial charge in [-0.1, -0.05) is 6.07 Å². The van der Waals surface area contributed by atoms with Crippen molar-refractivity contribution in [1.82, 2.24) is 10.2 Å². The lowest BCUT2D eigenvalue weighted by atomic mass is 10.0. The zero-order valence-corrected chi connectivity index (χ0v) is 11.7. The summed E-state index contributed by atoms with van der Waals surface area (Å²) < 4.78 is 18.4. The molecule has 2 aromatic rings. The van der Waals surface area contributed by atoms with E-state index in [0.717, 1.165) is 11.3 Å². The van der Waals surface area contributed by atoms with Crippen molar-refractivity contribution in [3.8, 4) is 5.88 Å². The van der Waals surface area contributed by atoms with Gasteiger partial charge in [0.15, 0.2) is 0 Å². The van der Waals surface area contributed by atoms with Crippen molar-refractivity contribution in [3.05, 3.63) is 52.5 Å². The van der Waals surface area contributed by atoms with Crippen molar-refractivity contribution in [3.63, 3.8) is 0 Å². The van der Waals surface area contributed by atoms with Gasteiger partial charge in [-0.05, 0) is 49.6 Å². The molecular weight excluding hydrogens is 259 g/mol. The lowest BCUT2D eigenvalue weighted by molar-refractivity contribution is 0.104. The highest BCUT2D eigenvalue weighted by molar-refractivity contribution is 5.29. The Morgan fingerprint density at radius 3 is 2.55 bits per heavy atom. The molecule has 1 atom stereocenters. The van der Waals surface area contributed by atoms with E-state index in [1.165, 1.54) is 12.1 Å². The first-order chi connectivity index (χ1) is 9.47. The summed E-state index contributed by atoms with van der Waals surface area (Å²) in [7, 11) is 0. The first kappa shape index (κ1) is 14.4. The summed E-state index contributed by atoms with van der Waals surface area (Å²) in [5, 5.41) is 17.9. The van der Waals surface area contributed by atoms with Crippen LogP contribution in [0.15, 0.2) is 24.3 Å². The highest BCUT2D eigenvalue weighted by Gasteiger charge is 2.12. The van der Waals surface area contributed by atoms with Crippen LogP contribution in [0.5, 0.6) is 5.88 Å². The van der Waals surface area contributed by atoms with Gasteiger partial charge in [0.1, 0.15) is 18.5 Å². The number of rotatable bonds is 4. The minimum Gasteiger partial charge on any atom is -0.473 e. The zero-order valence-electron chi connectivity index (χ0n) is 11.7. The molecule has 5 heteroatoms. The SMILES string of the molecule is Cc1cc(F)ccc1C(O)COc1cc(C)c(C)nn1. The van der Waals surface area contributed by atoms with Crippen LogP contribution >= 0.6 is 0 Å². The van der Waals surface area contributed by atoms with Gasteiger partial charge in [0.05, 0.1) is 5.69 Å². The first-order valence-electron chi connectivity index (χ1n) is 6.35. The van der Waals surface area contributed by atoms with Gasteiger partial charge in [-0.3, -0.25) is 0 Å². The van der Waals surface area contributed by atoms with Crippen LogP contribution in [0, 0.1) is 26.6 Å². The molecule has 0 fully saturated rings. The number of ether oxygens (including phenoxy) is 1. The molecule has 0 spiro atoms. The maximum Gasteiger partial charge on any atom is 0.233 e. The summed E-state index contributed by atoms with van der Waals surface area (Å²) in [6, 6.07) is 6.03. The Kier molecular flexibility index (Phi) is 4.29. The van der Waals surface area contributed by atoms with Gasteiger partial charge >= 0.3 is 0 Å². The molecule has 0 aliphatic rings. The number of aliphatic hydroxyl groups excluding tert-OH is 1. The maximum absolute atomic E-state index is 13.0. The van der Waals surface area contributed by atoms with E-state index < -0.39 is 6.10 Å². The monoisotopic (exact) mass is 276 g/mol. The highest BCUT2D eigenvalue weighted by Crippen LogP contribution is 2.20. The van der Waals surface area contributed by atoms with Gasteiger partial charge in [0, 0.05) is 6.07 Å². The van der Waals surface area contributed by atoms with Gasteiger partial charge in [0.2, 0.25) is 5.88 Å². The van der Waals surface area contributed by atoms with Crippen LogP contribution in [0.2, 0.25) is 0 Å². The minimum absolute atomic E-state index is 0.0453. The van der Waals surface area contributed by atoms with Gasteiger partial charge < -0.3 is 9.84 Å². The number of halogens is 1. The molecule has 0 aliphatic heterocycles. The quantitative estimate of drug-likeness (QED) is 0.932. The van der Waals surface area contributed by atoms with E-state index in [4.69, 9.17) is 4.74 Å². The summed E-state index contributed by atoms with van der Waals surface area (Å²) in [6.45, 7) is 5.57. The molecule has 20 heavy (non-hydrogen) atoms. The fraction of sp³-hybridized carbons (Fsp3) is 0.333. The Balaban J connectivity index is 2.04. The second-order valence-corrected chi connectivity index (χ2v) is 4.78. The number of nitrogens with zero attached hydrogens (tertiary/aromatic N) is 2. The zero-order chi connectivity index (χ0) is 14.7. The predicted octanol–water partition coefficient (Wildman–Crippen LogP) is 2.65. The van der Waals surface area contributed by atoms with E-state index >= 15 is 0 Å². The van der Waals surface area contributed by atoms with Crippen LogP contribution in [-0.2, 0) is 0 Å². The molecule has 1 unspecified atom stereocenters. The Hall–Kier alpha value is -2.01. The van der Waals surface area contributed by atoms with E-state index in [9.17, 15) is 9.50 Å². The largest absolute Gasteiger partial charge is 0.473 e. The van der Waals surface area contributed by atoms with Crippen molar-refractivity contribution in [2.75, 3.05) is 6.61 Å². The lowest BCUT2D eigenvalue weighted by Crippen LogP contribution is -2.12. The van der Waals surface area contributed by atoms with E-state index in [1.54, 1.807) is 19.1 Å². The summed E-state index contributed by atoms with van der Waals surface area (Å²) in [5.41, 5.74) is 3.14. The normalized spacial score (nSPS) is 12.2. The summed E-state index contributed by atoms with van der Waals surface area (Å²) >= 11 is 0. The van der Waals surface area contributed by atoms with Crippen LogP contribution in [0.3, 0.4) is 0 Å². The standard InChI is InChI=1S/C15H17FN2O2/c1-9-7-15(18-17-11(9)3)20-8-14(19)13-5-4-12(16)6-10(13)2/h4-7,14,19H,8H2,1-3H3. The van der Waals surface area contributed by atoms with E-state index in [1.807, 2.05) is 13.8 Å². The van der Waals surface area contributed by atoms with Crippen molar-refractivity contribution in [2.45, 2.75) is 26.9 Å². The van der Waals surface area contributed by atoms with Crippen LogP contribution in [0.1, 0.15) is 28.5 Å². The minimum atomic E-state index is -0.834. The fourth-order valence-electron chi connectivity index (χ4n) is 1.86. The molecule has 1 aromatic heterocycles. The van der Waals surface area contributed by atoms with E-state index in [0.29, 0.717) is 17.0 Å². The molecule has 2 rings (SSSR count). The van der Waals surface area contributed by atoms with Gasteiger partial charge in [-0.2, -0.15) is 5.10 Å². The van der Waals surface area contributed by atoms with Crippen LogP contribution in [-0.4, -0.2) is 21.9 Å². The molecule has 0 bridgehead atoms. The topological polar surface area (TPSA) is 55.2 Å². The third-order valence-corrected chi connectivity index (χ3v) is 3.19. The third-order valence-electron chi connectivity index (χ3n) is 3.19. The second kappa shape index (κ2) is 5.96. The van der Waals surface area contributed by atoms with Crippen LogP contribution in [0.4, 0.5) is 4.39 Å².